The van der Waals surface area contributed by atoms with E-state index in [0.29, 0.717) is 11.0 Å². The highest BCUT2D eigenvalue weighted by Gasteiger charge is 2.34. The molecule has 1 heterocycles. The van der Waals surface area contributed by atoms with Gasteiger partial charge in [0.15, 0.2) is 0 Å². The van der Waals surface area contributed by atoms with E-state index >= 15 is 0 Å². The van der Waals surface area contributed by atoms with Gasteiger partial charge < -0.3 is 5.32 Å². The van der Waals surface area contributed by atoms with Crippen molar-refractivity contribution < 1.29 is 13.2 Å². The lowest BCUT2D eigenvalue weighted by molar-refractivity contribution is -0.137. The van der Waals surface area contributed by atoms with Crippen LogP contribution in [0.15, 0.2) is 47.1 Å². The van der Waals surface area contributed by atoms with E-state index in [1.54, 1.807) is 0 Å². The van der Waals surface area contributed by atoms with Gasteiger partial charge in [0, 0.05) is 17.2 Å². The van der Waals surface area contributed by atoms with Crippen LogP contribution in [0.2, 0.25) is 0 Å². The molecule has 0 aliphatic carbocycles. The summed E-state index contributed by atoms with van der Waals surface area (Å²) in [5.74, 6) is -0.167. The van der Waals surface area contributed by atoms with Gasteiger partial charge in [0.25, 0.3) is 0 Å². The van der Waals surface area contributed by atoms with Gasteiger partial charge in [-0.2, -0.15) is 13.2 Å². The first kappa shape index (κ1) is 13.9. The van der Waals surface area contributed by atoms with E-state index in [0.717, 1.165) is 11.6 Å². The van der Waals surface area contributed by atoms with Gasteiger partial charge in [-0.3, -0.25) is 0 Å². The molecule has 2 aromatic rings. The molecule has 0 radical (unpaired) electrons. The minimum atomic E-state index is -4.43. The van der Waals surface area contributed by atoms with Crippen molar-refractivity contribution in [2.45, 2.75) is 12.7 Å². The van der Waals surface area contributed by atoms with E-state index in [9.17, 15) is 13.2 Å². The molecule has 0 saturated carbocycles. The summed E-state index contributed by atoms with van der Waals surface area (Å²) in [5, 5.41) is 2.71. The van der Waals surface area contributed by atoms with Crippen LogP contribution in [0.25, 0.3) is 0 Å². The molecule has 0 spiro atoms. The van der Waals surface area contributed by atoms with Crippen LogP contribution >= 0.6 is 15.9 Å². The molecular weight excluding hydrogens is 321 g/mol. The van der Waals surface area contributed by atoms with E-state index in [1.807, 2.05) is 30.3 Å². The second-order valence-corrected chi connectivity index (χ2v) is 4.80. The third-order valence-electron chi connectivity index (χ3n) is 2.46. The van der Waals surface area contributed by atoms with Crippen LogP contribution < -0.4 is 5.32 Å². The Hall–Kier alpha value is -1.56. The largest absolute Gasteiger partial charge is 0.419 e. The Kier molecular flexibility index (Phi) is 4.09. The Morgan fingerprint density at radius 3 is 2.47 bits per heavy atom. The maximum atomic E-state index is 12.9. The molecule has 0 saturated heterocycles. The van der Waals surface area contributed by atoms with Gasteiger partial charge >= 0.3 is 6.18 Å². The number of nitrogens with one attached hydrogen (secondary N) is 1. The maximum Gasteiger partial charge on any atom is 0.419 e. The average Bonchev–Trinajstić information content (AvgIpc) is 2.37. The molecule has 0 aliphatic rings. The summed E-state index contributed by atoms with van der Waals surface area (Å²) in [6.07, 6.45) is -3.10. The maximum absolute atomic E-state index is 12.9. The number of anilines is 1. The van der Waals surface area contributed by atoms with E-state index in [4.69, 9.17) is 0 Å². The zero-order valence-corrected chi connectivity index (χ0v) is 11.3. The van der Waals surface area contributed by atoms with Crippen LogP contribution in [0.4, 0.5) is 19.0 Å². The molecule has 0 aliphatic heterocycles. The van der Waals surface area contributed by atoms with Gasteiger partial charge in [0.2, 0.25) is 0 Å². The lowest BCUT2D eigenvalue weighted by atomic mass is 10.2. The second kappa shape index (κ2) is 5.61. The van der Waals surface area contributed by atoms with Crippen molar-refractivity contribution in [1.82, 2.24) is 4.98 Å². The van der Waals surface area contributed by atoms with Crippen molar-refractivity contribution >= 4 is 21.7 Å². The molecule has 1 aromatic heterocycles. The van der Waals surface area contributed by atoms with Crippen molar-refractivity contribution in [3.63, 3.8) is 0 Å². The molecule has 100 valence electrons. The number of pyridine rings is 1. The summed E-state index contributed by atoms with van der Waals surface area (Å²) < 4.78 is 38.9. The summed E-state index contributed by atoms with van der Waals surface area (Å²) in [6, 6.07) is 10.2. The second-order valence-electron chi connectivity index (χ2n) is 3.89. The van der Waals surface area contributed by atoms with Crippen LogP contribution in [-0.4, -0.2) is 4.98 Å². The standard InChI is InChI=1S/C13H10BrF3N2/c14-10-6-11(13(15,16)17)12(19-8-10)18-7-9-4-2-1-3-5-9/h1-6,8H,7H2,(H,18,19). The fraction of sp³-hybridized carbons (Fsp3) is 0.154. The van der Waals surface area contributed by atoms with Crippen molar-refractivity contribution in [2.75, 3.05) is 5.32 Å². The third kappa shape index (κ3) is 3.70. The molecule has 0 bridgehead atoms. The Morgan fingerprint density at radius 2 is 1.84 bits per heavy atom. The lowest BCUT2D eigenvalue weighted by Crippen LogP contribution is -2.12. The lowest BCUT2D eigenvalue weighted by Gasteiger charge is -2.13. The summed E-state index contributed by atoms with van der Waals surface area (Å²) in [5.41, 5.74) is 0.109. The Morgan fingerprint density at radius 1 is 1.16 bits per heavy atom. The predicted molar refractivity (Wildman–Crippen MR) is 70.7 cm³/mol. The highest BCUT2D eigenvalue weighted by atomic mass is 79.9. The Labute approximate surface area is 116 Å². The third-order valence-corrected chi connectivity index (χ3v) is 2.90. The van der Waals surface area contributed by atoms with E-state index in [2.05, 4.69) is 26.2 Å². The molecule has 2 nitrogen and oxygen atoms in total. The molecule has 0 fully saturated rings. The normalized spacial score (nSPS) is 11.4. The van der Waals surface area contributed by atoms with Crippen molar-refractivity contribution in [1.29, 1.82) is 0 Å². The summed E-state index contributed by atoms with van der Waals surface area (Å²) in [6.45, 7) is 0.290. The highest BCUT2D eigenvalue weighted by molar-refractivity contribution is 9.10. The number of halogens is 4. The first-order valence-corrected chi connectivity index (χ1v) is 6.26. The van der Waals surface area contributed by atoms with Gasteiger partial charge in [-0.25, -0.2) is 4.98 Å². The molecular formula is C13H10BrF3N2. The number of benzene rings is 1. The first-order chi connectivity index (χ1) is 8.97. The zero-order chi connectivity index (χ0) is 13.9. The molecule has 1 aromatic carbocycles. The van der Waals surface area contributed by atoms with Gasteiger partial charge in [0.1, 0.15) is 5.82 Å². The Bertz CT molecular complexity index is 556. The molecule has 0 amide bonds. The van der Waals surface area contributed by atoms with Crippen LogP contribution in [0, 0.1) is 0 Å². The number of rotatable bonds is 3. The number of aromatic nitrogens is 1. The highest BCUT2D eigenvalue weighted by Crippen LogP contribution is 2.35. The zero-order valence-electron chi connectivity index (χ0n) is 9.71. The van der Waals surface area contributed by atoms with Gasteiger partial charge in [-0.1, -0.05) is 30.3 Å². The van der Waals surface area contributed by atoms with E-state index in [1.165, 1.54) is 6.20 Å². The van der Waals surface area contributed by atoms with Crippen LogP contribution in [0.5, 0.6) is 0 Å². The number of nitrogens with zero attached hydrogens (tertiary/aromatic N) is 1. The quantitative estimate of drug-likeness (QED) is 0.897. The van der Waals surface area contributed by atoms with Gasteiger partial charge in [0.05, 0.1) is 5.56 Å². The van der Waals surface area contributed by atoms with Crippen molar-refractivity contribution in [3.8, 4) is 0 Å². The van der Waals surface area contributed by atoms with Crippen molar-refractivity contribution in [2.24, 2.45) is 0 Å². The van der Waals surface area contributed by atoms with Crippen molar-refractivity contribution in [3.05, 3.63) is 58.2 Å². The van der Waals surface area contributed by atoms with Crippen LogP contribution in [-0.2, 0) is 12.7 Å². The van der Waals surface area contributed by atoms with Gasteiger partial charge in [-0.15, -0.1) is 0 Å². The fourth-order valence-corrected chi connectivity index (χ4v) is 1.91. The molecule has 6 heteroatoms. The first-order valence-electron chi connectivity index (χ1n) is 5.47. The predicted octanol–water partition coefficient (Wildman–Crippen LogP) is 4.48. The minimum Gasteiger partial charge on any atom is -0.365 e. The van der Waals surface area contributed by atoms with Gasteiger partial charge in [-0.05, 0) is 27.6 Å². The number of hydrogen-bond acceptors (Lipinski definition) is 2. The molecule has 0 atom stereocenters. The summed E-state index contributed by atoms with van der Waals surface area (Å²) in [4.78, 5) is 3.78. The molecule has 0 unspecified atom stereocenters. The van der Waals surface area contributed by atoms with E-state index in [-0.39, 0.29) is 5.82 Å². The molecule has 2 rings (SSSR count). The Balaban J connectivity index is 2.21. The number of hydrogen-bond donors (Lipinski definition) is 1. The summed E-state index contributed by atoms with van der Waals surface area (Å²) in [7, 11) is 0. The topological polar surface area (TPSA) is 24.9 Å². The molecule has 19 heavy (non-hydrogen) atoms. The monoisotopic (exact) mass is 330 g/mol. The number of alkyl halides is 3. The molecule has 1 N–H and O–H groups in total. The van der Waals surface area contributed by atoms with E-state index < -0.39 is 11.7 Å². The minimum absolute atomic E-state index is 0.167. The smallest absolute Gasteiger partial charge is 0.365 e. The van der Waals surface area contributed by atoms with Crippen LogP contribution in [0.3, 0.4) is 0 Å². The van der Waals surface area contributed by atoms with Crippen LogP contribution in [0.1, 0.15) is 11.1 Å². The summed E-state index contributed by atoms with van der Waals surface area (Å²) >= 11 is 2.99. The fourth-order valence-electron chi connectivity index (χ4n) is 1.58. The average molecular weight is 331 g/mol. The SMILES string of the molecule is FC(F)(F)c1cc(Br)cnc1NCc1ccccc1.